The standard InChI is InChI=1S/C29H32BrClN2O3/c1-3-4-16-32-29(35)26(17-22-11-6-5-7-12-22)33(19-23-13-9-8-10-21(23)2)28(34)20-36-27-15-14-24(31)18-25(27)30/h5-15,18,26H,3-4,16-17,19-20H2,1-2H3,(H,32,35)/t26-/m0/s1. The number of ether oxygens (including phenoxy) is 1. The van der Waals surface area contributed by atoms with Crippen molar-refractivity contribution >= 4 is 39.3 Å². The second-order valence-corrected chi connectivity index (χ2v) is 9.95. The van der Waals surface area contributed by atoms with Crippen LogP contribution in [-0.2, 0) is 22.6 Å². The van der Waals surface area contributed by atoms with E-state index in [1.165, 1.54) is 0 Å². The zero-order valence-corrected chi connectivity index (χ0v) is 23.0. The first-order chi connectivity index (χ1) is 17.4. The average Bonchev–Trinajstić information content (AvgIpc) is 2.87. The molecule has 0 bridgehead atoms. The first kappa shape index (κ1) is 27.8. The van der Waals surface area contributed by atoms with Crippen LogP contribution >= 0.6 is 27.5 Å². The van der Waals surface area contributed by atoms with Gasteiger partial charge in [-0.15, -0.1) is 0 Å². The Hall–Kier alpha value is -2.83. The minimum absolute atomic E-state index is 0.165. The molecule has 0 aromatic heterocycles. The lowest BCUT2D eigenvalue weighted by molar-refractivity contribution is -0.142. The van der Waals surface area contributed by atoms with Gasteiger partial charge in [-0.25, -0.2) is 0 Å². The highest BCUT2D eigenvalue weighted by Gasteiger charge is 2.31. The molecule has 3 rings (SSSR count). The Balaban J connectivity index is 1.90. The number of unbranched alkanes of at least 4 members (excludes halogenated alkanes) is 1. The van der Waals surface area contributed by atoms with Crippen LogP contribution < -0.4 is 10.1 Å². The van der Waals surface area contributed by atoms with Crippen LogP contribution in [0.15, 0.2) is 77.3 Å². The fourth-order valence-corrected chi connectivity index (χ4v) is 4.64. The van der Waals surface area contributed by atoms with Crippen LogP contribution in [0.4, 0.5) is 0 Å². The summed E-state index contributed by atoms with van der Waals surface area (Å²) >= 11 is 9.47. The molecule has 0 unspecified atom stereocenters. The molecule has 3 aromatic carbocycles. The molecule has 7 heteroatoms. The monoisotopic (exact) mass is 570 g/mol. The number of amides is 2. The van der Waals surface area contributed by atoms with Crippen LogP contribution in [0.2, 0.25) is 5.02 Å². The highest BCUT2D eigenvalue weighted by Crippen LogP contribution is 2.28. The highest BCUT2D eigenvalue weighted by atomic mass is 79.9. The summed E-state index contributed by atoms with van der Waals surface area (Å²) < 4.78 is 6.51. The Morgan fingerprint density at radius 2 is 1.78 bits per heavy atom. The van der Waals surface area contributed by atoms with Crippen molar-refractivity contribution < 1.29 is 14.3 Å². The number of halogens is 2. The molecular formula is C29H32BrClN2O3. The van der Waals surface area contributed by atoms with E-state index in [2.05, 4.69) is 28.2 Å². The summed E-state index contributed by atoms with van der Waals surface area (Å²) in [7, 11) is 0. The van der Waals surface area contributed by atoms with Crippen LogP contribution in [-0.4, -0.2) is 35.9 Å². The number of carbonyl (C=O) groups is 2. The van der Waals surface area contributed by atoms with E-state index in [1.54, 1.807) is 23.1 Å². The smallest absolute Gasteiger partial charge is 0.261 e. The maximum Gasteiger partial charge on any atom is 0.261 e. The molecule has 0 spiro atoms. The Bertz CT molecular complexity index is 1160. The van der Waals surface area contributed by atoms with Gasteiger partial charge >= 0.3 is 0 Å². The van der Waals surface area contributed by atoms with E-state index in [4.69, 9.17) is 16.3 Å². The normalized spacial score (nSPS) is 11.6. The molecule has 1 atom stereocenters. The summed E-state index contributed by atoms with van der Waals surface area (Å²) in [4.78, 5) is 28.7. The molecule has 0 fully saturated rings. The summed E-state index contributed by atoms with van der Waals surface area (Å²) in [5.74, 6) is 0.0733. The predicted molar refractivity (Wildman–Crippen MR) is 148 cm³/mol. The second-order valence-electron chi connectivity index (χ2n) is 8.66. The first-order valence-electron chi connectivity index (χ1n) is 12.1. The lowest BCUT2D eigenvalue weighted by atomic mass is 10.0. The van der Waals surface area contributed by atoms with Gasteiger partial charge in [0.05, 0.1) is 4.47 Å². The highest BCUT2D eigenvalue weighted by molar-refractivity contribution is 9.10. The topological polar surface area (TPSA) is 58.6 Å². The van der Waals surface area contributed by atoms with Gasteiger partial charge in [0.1, 0.15) is 11.8 Å². The van der Waals surface area contributed by atoms with E-state index < -0.39 is 6.04 Å². The minimum Gasteiger partial charge on any atom is -0.483 e. The second kappa shape index (κ2) is 14.0. The fourth-order valence-electron chi connectivity index (χ4n) is 3.85. The van der Waals surface area contributed by atoms with Gasteiger partial charge in [-0.2, -0.15) is 0 Å². The van der Waals surface area contributed by atoms with E-state index in [1.807, 2.05) is 61.5 Å². The van der Waals surface area contributed by atoms with Crippen LogP contribution in [0, 0.1) is 6.92 Å². The number of carbonyl (C=O) groups excluding carboxylic acids is 2. The Morgan fingerprint density at radius 1 is 1.06 bits per heavy atom. The van der Waals surface area contributed by atoms with E-state index >= 15 is 0 Å². The summed E-state index contributed by atoms with van der Waals surface area (Å²) in [6, 6.07) is 22.1. The number of aryl methyl sites for hydroxylation is 1. The van der Waals surface area contributed by atoms with Crippen molar-refractivity contribution in [2.75, 3.05) is 13.2 Å². The molecule has 0 radical (unpaired) electrons. The van der Waals surface area contributed by atoms with Crippen LogP contribution in [0.3, 0.4) is 0 Å². The van der Waals surface area contributed by atoms with Gasteiger partial charge in [-0.3, -0.25) is 9.59 Å². The maximum absolute atomic E-state index is 13.7. The molecule has 0 saturated heterocycles. The van der Waals surface area contributed by atoms with Crippen LogP contribution in [0.1, 0.15) is 36.5 Å². The molecule has 2 amide bonds. The quantitative estimate of drug-likeness (QED) is 0.258. The average molecular weight is 572 g/mol. The largest absolute Gasteiger partial charge is 0.483 e. The zero-order chi connectivity index (χ0) is 25.9. The third-order valence-electron chi connectivity index (χ3n) is 5.95. The molecule has 190 valence electrons. The van der Waals surface area contributed by atoms with Crippen molar-refractivity contribution in [3.8, 4) is 5.75 Å². The van der Waals surface area contributed by atoms with Gasteiger partial charge in [-0.1, -0.05) is 79.5 Å². The Morgan fingerprint density at radius 3 is 2.47 bits per heavy atom. The molecule has 3 aromatic rings. The zero-order valence-electron chi connectivity index (χ0n) is 20.7. The van der Waals surface area contributed by atoms with Gasteiger partial charge in [0, 0.05) is 24.5 Å². The molecule has 36 heavy (non-hydrogen) atoms. The summed E-state index contributed by atoms with van der Waals surface area (Å²) in [5.41, 5.74) is 3.02. The number of nitrogens with zero attached hydrogens (tertiary/aromatic N) is 1. The van der Waals surface area contributed by atoms with Crippen molar-refractivity contribution in [1.29, 1.82) is 0 Å². The predicted octanol–water partition coefficient (Wildman–Crippen LogP) is 6.35. The third-order valence-corrected chi connectivity index (χ3v) is 6.80. The minimum atomic E-state index is -0.686. The molecular weight excluding hydrogens is 540 g/mol. The first-order valence-corrected chi connectivity index (χ1v) is 13.3. The van der Waals surface area contributed by atoms with Crippen LogP contribution in [0.5, 0.6) is 5.75 Å². The summed E-state index contributed by atoms with van der Waals surface area (Å²) in [5, 5.41) is 3.60. The van der Waals surface area contributed by atoms with E-state index in [9.17, 15) is 9.59 Å². The molecule has 0 heterocycles. The summed E-state index contributed by atoms with van der Waals surface area (Å²) in [6.07, 6.45) is 2.25. The lowest BCUT2D eigenvalue weighted by Crippen LogP contribution is -2.52. The van der Waals surface area contributed by atoms with Crippen molar-refractivity contribution in [3.05, 3.63) is 99.0 Å². The maximum atomic E-state index is 13.7. The lowest BCUT2D eigenvalue weighted by Gasteiger charge is -2.32. The van der Waals surface area contributed by atoms with Crippen molar-refractivity contribution in [3.63, 3.8) is 0 Å². The Labute approximate surface area is 226 Å². The number of hydrogen-bond donors (Lipinski definition) is 1. The number of hydrogen-bond acceptors (Lipinski definition) is 3. The SMILES string of the molecule is CCCCNC(=O)[C@H](Cc1ccccc1)N(Cc1ccccc1C)C(=O)COc1ccc(Cl)cc1Br. The molecule has 0 aliphatic rings. The number of rotatable bonds is 12. The molecule has 5 nitrogen and oxygen atoms in total. The van der Waals surface area contributed by atoms with E-state index in [-0.39, 0.29) is 18.4 Å². The van der Waals surface area contributed by atoms with Gasteiger partial charge < -0.3 is 15.0 Å². The van der Waals surface area contributed by atoms with Crippen LogP contribution in [0.25, 0.3) is 0 Å². The summed E-state index contributed by atoms with van der Waals surface area (Å²) in [6.45, 7) is 4.75. The number of nitrogens with one attached hydrogen (secondary N) is 1. The van der Waals surface area contributed by atoms with Crippen molar-refractivity contribution in [2.24, 2.45) is 0 Å². The molecule has 1 N–H and O–H groups in total. The van der Waals surface area contributed by atoms with Gasteiger partial charge in [0.15, 0.2) is 6.61 Å². The molecule has 0 saturated carbocycles. The molecule has 0 aliphatic carbocycles. The third kappa shape index (κ3) is 8.10. The Kier molecular flexibility index (Phi) is 10.8. The van der Waals surface area contributed by atoms with E-state index in [0.717, 1.165) is 29.5 Å². The van der Waals surface area contributed by atoms with Gasteiger partial charge in [0.25, 0.3) is 5.91 Å². The van der Waals surface area contributed by atoms with Gasteiger partial charge in [-0.05, 0) is 64.2 Å². The fraction of sp³-hybridized carbons (Fsp3) is 0.310. The van der Waals surface area contributed by atoms with Crippen molar-refractivity contribution in [2.45, 2.75) is 45.7 Å². The van der Waals surface area contributed by atoms with E-state index in [0.29, 0.717) is 34.8 Å². The number of benzene rings is 3. The van der Waals surface area contributed by atoms with Gasteiger partial charge in [0.2, 0.25) is 5.91 Å². The van der Waals surface area contributed by atoms with Crippen molar-refractivity contribution in [1.82, 2.24) is 10.2 Å². The molecule has 0 aliphatic heterocycles.